The molecule has 98 valence electrons. The van der Waals surface area contributed by atoms with Crippen LogP contribution in [0.15, 0.2) is 24.3 Å². The predicted octanol–water partition coefficient (Wildman–Crippen LogP) is 2.55. The Morgan fingerprint density at radius 1 is 1.33 bits per heavy atom. The molecule has 1 N–H and O–H groups in total. The van der Waals surface area contributed by atoms with Gasteiger partial charge in [-0.25, -0.2) is 9.59 Å². The minimum atomic E-state index is -5.08. The van der Waals surface area contributed by atoms with Crippen LogP contribution in [0.25, 0.3) is 0 Å². The number of carbonyl (C=O) groups is 2. The standard InChI is InChI=1S/C9H8O2.C2HF3O2/c1-6-7-4-2-3-5-8(7)9(10)11-6;3-2(4,5)1(6)7/h2-6H,1H3;(H,6,7). The van der Waals surface area contributed by atoms with Crippen LogP contribution in [-0.4, -0.2) is 23.2 Å². The smallest absolute Gasteiger partial charge is 0.475 e. The summed E-state index contributed by atoms with van der Waals surface area (Å²) in [4.78, 5) is 19.9. The number of carboxylic acids is 1. The Balaban J connectivity index is 0.000000203. The van der Waals surface area contributed by atoms with Crippen molar-refractivity contribution in [3.63, 3.8) is 0 Å². The van der Waals surface area contributed by atoms with Crippen molar-refractivity contribution in [3.05, 3.63) is 35.4 Å². The lowest BCUT2D eigenvalue weighted by Gasteiger charge is -1.99. The van der Waals surface area contributed by atoms with Gasteiger partial charge in [0.05, 0.1) is 5.56 Å². The number of cyclic esters (lactones) is 1. The van der Waals surface area contributed by atoms with Gasteiger partial charge in [-0.3, -0.25) is 0 Å². The predicted molar refractivity (Wildman–Crippen MR) is 54.0 cm³/mol. The molecule has 1 aliphatic rings. The SMILES string of the molecule is CC1OC(=O)c2ccccc21.O=C(O)C(F)(F)F. The lowest BCUT2D eigenvalue weighted by molar-refractivity contribution is -0.192. The molecule has 0 bridgehead atoms. The fourth-order valence-corrected chi connectivity index (χ4v) is 1.32. The minimum Gasteiger partial charge on any atom is -0.475 e. The fourth-order valence-electron chi connectivity index (χ4n) is 1.32. The number of rotatable bonds is 0. The second kappa shape index (κ2) is 5.07. The number of alkyl halides is 3. The first-order valence-corrected chi connectivity index (χ1v) is 4.83. The lowest BCUT2D eigenvalue weighted by Crippen LogP contribution is -2.21. The topological polar surface area (TPSA) is 63.6 Å². The number of esters is 1. The average molecular weight is 262 g/mol. The summed E-state index contributed by atoms with van der Waals surface area (Å²) >= 11 is 0. The molecule has 0 radical (unpaired) electrons. The van der Waals surface area contributed by atoms with Crippen molar-refractivity contribution in [1.82, 2.24) is 0 Å². The van der Waals surface area contributed by atoms with Gasteiger partial charge in [0.1, 0.15) is 6.10 Å². The monoisotopic (exact) mass is 262 g/mol. The highest BCUT2D eigenvalue weighted by Gasteiger charge is 2.38. The fraction of sp³-hybridized carbons (Fsp3) is 0.273. The highest BCUT2D eigenvalue weighted by molar-refractivity contribution is 5.93. The highest BCUT2D eigenvalue weighted by Crippen LogP contribution is 2.29. The molecule has 0 amide bonds. The van der Waals surface area contributed by atoms with E-state index in [0.717, 1.165) is 5.56 Å². The molecule has 0 aromatic heterocycles. The van der Waals surface area contributed by atoms with E-state index in [1.54, 1.807) is 6.07 Å². The van der Waals surface area contributed by atoms with E-state index in [4.69, 9.17) is 14.6 Å². The molecule has 0 fully saturated rings. The number of aliphatic carboxylic acids is 1. The molecule has 1 aromatic rings. The quantitative estimate of drug-likeness (QED) is 0.730. The Kier molecular flexibility index (Phi) is 3.95. The molecule has 0 spiro atoms. The second-order valence-electron chi connectivity index (χ2n) is 3.44. The molecule has 1 aliphatic heterocycles. The van der Waals surface area contributed by atoms with Gasteiger partial charge in [-0.05, 0) is 13.0 Å². The number of halogens is 3. The maximum absolute atomic E-state index is 11.1. The Hall–Kier alpha value is -2.05. The molecule has 2 rings (SSSR count). The Morgan fingerprint density at radius 3 is 2.28 bits per heavy atom. The molecule has 1 aromatic carbocycles. The minimum absolute atomic E-state index is 0.0706. The Bertz CT molecular complexity index is 468. The average Bonchev–Trinajstić information content (AvgIpc) is 2.55. The van der Waals surface area contributed by atoms with Crippen LogP contribution < -0.4 is 0 Å². The van der Waals surface area contributed by atoms with E-state index in [1.807, 2.05) is 25.1 Å². The molecule has 0 saturated heterocycles. The number of fused-ring (bicyclic) bond motifs is 1. The first kappa shape index (κ1) is 14.0. The van der Waals surface area contributed by atoms with Crippen molar-refractivity contribution in [2.45, 2.75) is 19.2 Å². The summed E-state index contributed by atoms with van der Waals surface area (Å²) < 4.78 is 36.7. The van der Waals surface area contributed by atoms with Crippen LogP contribution >= 0.6 is 0 Å². The van der Waals surface area contributed by atoms with Crippen LogP contribution in [0.4, 0.5) is 13.2 Å². The highest BCUT2D eigenvalue weighted by atomic mass is 19.4. The van der Waals surface area contributed by atoms with Gasteiger partial charge in [-0.15, -0.1) is 0 Å². The zero-order valence-electron chi connectivity index (χ0n) is 9.19. The third-order valence-electron chi connectivity index (χ3n) is 2.14. The molecule has 0 aliphatic carbocycles. The van der Waals surface area contributed by atoms with Gasteiger partial charge in [0.25, 0.3) is 0 Å². The second-order valence-corrected chi connectivity index (χ2v) is 3.44. The largest absolute Gasteiger partial charge is 0.490 e. The number of benzene rings is 1. The molecule has 7 heteroatoms. The van der Waals surface area contributed by atoms with Crippen molar-refractivity contribution in [3.8, 4) is 0 Å². The third kappa shape index (κ3) is 3.22. The van der Waals surface area contributed by atoms with Crippen molar-refractivity contribution in [1.29, 1.82) is 0 Å². The number of carboxylic acid groups (broad SMARTS) is 1. The van der Waals surface area contributed by atoms with E-state index in [-0.39, 0.29) is 12.1 Å². The third-order valence-corrected chi connectivity index (χ3v) is 2.14. The lowest BCUT2D eigenvalue weighted by atomic mass is 10.1. The van der Waals surface area contributed by atoms with Gasteiger partial charge in [0.2, 0.25) is 0 Å². The summed E-state index contributed by atoms with van der Waals surface area (Å²) in [6, 6.07) is 7.47. The van der Waals surface area contributed by atoms with Crippen LogP contribution in [0.2, 0.25) is 0 Å². The maximum Gasteiger partial charge on any atom is 0.490 e. The van der Waals surface area contributed by atoms with E-state index < -0.39 is 12.1 Å². The summed E-state index contributed by atoms with van der Waals surface area (Å²) in [7, 11) is 0. The van der Waals surface area contributed by atoms with Gasteiger partial charge in [0, 0.05) is 5.56 Å². The first-order valence-electron chi connectivity index (χ1n) is 4.83. The van der Waals surface area contributed by atoms with E-state index in [1.165, 1.54) is 0 Å². The van der Waals surface area contributed by atoms with Gasteiger partial charge in [0.15, 0.2) is 0 Å². The van der Waals surface area contributed by atoms with E-state index in [9.17, 15) is 18.0 Å². The van der Waals surface area contributed by atoms with Crippen LogP contribution in [0.5, 0.6) is 0 Å². The van der Waals surface area contributed by atoms with Gasteiger partial charge in [-0.2, -0.15) is 13.2 Å². The molecule has 18 heavy (non-hydrogen) atoms. The number of hydrogen-bond donors (Lipinski definition) is 1. The molecular formula is C11H9F3O4. The zero-order valence-corrected chi connectivity index (χ0v) is 9.19. The molecule has 1 heterocycles. The van der Waals surface area contributed by atoms with E-state index in [0.29, 0.717) is 5.56 Å². The summed E-state index contributed by atoms with van der Waals surface area (Å²) in [5.41, 5.74) is 1.71. The molecular weight excluding hydrogens is 253 g/mol. The van der Waals surface area contributed by atoms with Crippen LogP contribution in [0.1, 0.15) is 28.9 Å². The summed E-state index contributed by atoms with van der Waals surface area (Å²) in [5, 5.41) is 7.12. The van der Waals surface area contributed by atoms with Crippen molar-refractivity contribution >= 4 is 11.9 Å². The normalized spacial score (nSPS) is 17.3. The Labute approximate surface area is 100.0 Å². The van der Waals surface area contributed by atoms with Crippen molar-refractivity contribution in [2.75, 3.05) is 0 Å². The van der Waals surface area contributed by atoms with Crippen molar-refractivity contribution in [2.24, 2.45) is 0 Å². The van der Waals surface area contributed by atoms with Gasteiger partial charge >= 0.3 is 18.1 Å². The zero-order chi connectivity index (χ0) is 13.9. The molecule has 1 unspecified atom stereocenters. The van der Waals surface area contributed by atoms with Crippen LogP contribution in [0.3, 0.4) is 0 Å². The van der Waals surface area contributed by atoms with E-state index >= 15 is 0 Å². The van der Waals surface area contributed by atoms with Crippen molar-refractivity contribution < 1.29 is 32.6 Å². The summed E-state index contributed by atoms with van der Waals surface area (Å²) in [6.07, 6.45) is -5.15. The number of hydrogen-bond acceptors (Lipinski definition) is 3. The van der Waals surface area contributed by atoms with E-state index in [2.05, 4.69) is 0 Å². The first-order chi connectivity index (χ1) is 8.23. The maximum atomic E-state index is 11.1. The summed E-state index contributed by atoms with van der Waals surface area (Å²) in [6.45, 7) is 1.88. The van der Waals surface area contributed by atoms with Crippen LogP contribution in [-0.2, 0) is 9.53 Å². The molecule has 1 atom stereocenters. The molecule has 4 nitrogen and oxygen atoms in total. The number of carbonyl (C=O) groups excluding carboxylic acids is 1. The van der Waals surface area contributed by atoms with Crippen LogP contribution in [0, 0.1) is 0 Å². The summed E-state index contributed by atoms with van der Waals surface area (Å²) in [5.74, 6) is -2.96. The van der Waals surface area contributed by atoms with Gasteiger partial charge < -0.3 is 9.84 Å². The molecule has 0 saturated carbocycles. The van der Waals surface area contributed by atoms with Gasteiger partial charge in [-0.1, -0.05) is 18.2 Å². The Morgan fingerprint density at radius 2 is 1.83 bits per heavy atom. The number of ether oxygens (including phenoxy) is 1.